The van der Waals surface area contributed by atoms with E-state index >= 15 is 0 Å². The van der Waals surface area contributed by atoms with Crippen molar-refractivity contribution in [3.05, 3.63) is 29.3 Å². The number of carbonyl (C=O) groups is 2. The quantitative estimate of drug-likeness (QED) is 0.736. The molecule has 21 heavy (non-hydrogen) atoms. The topological polar surface area (TPSA) is 110 Å². The highest BCUT2D eigenvalue weighted by molar-refractivity contribution is 7.92. The van der Waals surface area contributed by atoms with Gasteiger partial charge in [-0.1, -0.05) is 0 Å². The molecule has 0 heterocycles. The summed E-state index contributed by atoms with van der Waals surface area (Å²) in [6, 6.07) is 4.10. The van der Waals surface area contributed by atoms with Crippen LogP contribution in [0.2, 0.25) is 0 Å². The molecule has 0 atom stereocenters. The molecule has 0 fully saturated rings. The molecule has 0 radical (unpaired) electrons. The summed E-state index contributed by atoms with van der Waals surface area (Å²) in [5.41, 5.74) is 0.908. The summed E-state index contributed by atoms with van der Waals surface area (Å²) in [5.74, 6) is -1.76. The highest BCUT2D eigenvalue weighted by atomic mass is 32.2. The zero-order valence-corrected chi connectivity index (χ0v) is 12.6. The van der Waals surface area contributed by atoms with Gasteiger partial charge in [-0.05, 0) is 37.1 Å². The Bertz CT molecular complexity index is 638. The lowest BCUT2D eigenvalue weighted by atomic mass is 10.1. The molecule has 1 rings (SSSR count). The van der Waals surface area contributed by atoms with Crippen LogP contribution in [0.25, 0.3) is 0 Å². The number of aryl methyl sites for hydroxylation is 1. The van der Waals surface area contributed by atoms with Crippen molar-refractivity contribution < 1.29 is 27.9 Å². The number of hydrogen-bond acceptors (Lipinski definition) is 5. The number of ether oxygens (including phenoxy) is 1. The lowest BCUT2D eigenvalue weighted by Crippen LogP contribution is -2.18. The van der Waals surface area contributed by atoms with Crippen molar-refractivity contribution in [2.45, 2.75) is 19.8 Å². The Morgan fingerprint density at radius 1 is 1.33 bits per heavy atom. The third-order valence-electron chi connectivity index (χ3n) is 2.76. The van der Waals surface area contributed by atoms with E-state index in [2.05, 4.69) is 9.46 Å². The fraction of sp³-hybridized carbons (Fsp3) is 0.385. The van der Waals surface area contributed by atoms with E-state index < -0.39 is 22.0 Å². The maximum Gasteiger partial charge on any atom is 0.335 e. The second-order valence-electron chi connectivity index (χ2n) is 4.44. The number of carboxylic acid groups (broad SMARTS) is 1. The van der Waals surface area contributed by atoms with Crippen molar-refractivity contribution in [2.24, 2.45) is 0 Å². The van der Waals surface area contributed by atoms with Crippen LogP contribution in [0.1, 0.15) is 28.8 Å². The van der Waals surface area contributed by atoms with E-state index in [9.17, 15) is 18.0 Å². The van der Waals surface area contributed by atoms with Gasteiger partial charge in [0.1, 0.15) is 0 Å². The molecule has 0 saturated carbocycles. The molecule has 1 aromatic carbocycles. The minimum Gasteiger partial charge on any atom is -0.478 e. The van der Waals surface area contributed by atoms with Gasteiger partial charge >= 0.3 is 11.9 Å². The van der Waals surface area contributed by atoms with Crippen LogP contribution in [0.15, 0.2) is 18.2 Å². The average Bonchev–Trinajstić information content (AvgIpc) is 2.40. The van der Waals surface area contributed by atoms with E-state index in [4.69, 9.17) is 5.11 Å². The maximum absolute atomic E-state index is 11.9. The predicted octanol–water partition coefficient (Wildman–Crippen LogP) is 1.39. The Balaban J connectivity index is 2.71. The summed E-state index contributed by atoms with van der Waals surface area (Å²) in [4.78, 5) is 21.7. The summed E-state index contributed by atoms with van der Waals surface area (Å²) in [6.07, 6.45) is 0.169. The van der Waals surface area contributed by atoms with Gasteiger partial charge in [0, 0.05) is 6.42 Å². The molecule has 1 aromatic rings. The van der Waals surface area contributed by atoms with Crippen LogP contribution < -0.4 is 4.72 Å². The van der Waals surface area contributed by atoms with Crippen molar-refractivity contribution in [2.75, 3.05) is 17.6 Å². The molecular weight excluding hydrogens is 298 g/mol. The van der Waals surface area contributed by atoms with Gasteiger partial charge < -0.3 is 9.84 Å². The van der Waals surface area contributed by atoms with E-state index in [1.54, 1.807) is 6.92 Å². The fourth-order valence-corrected chi connectivity index (χ4v) is 2.83. The number of carboxylic acids is 1. The van der Waals surface area contributed by atoms with Crippen molar-refractivity contribution >= 4 is 27.6 Å². The van der Waals surface area contributed by atoms with Crippen molar-refractivity contribution in [1.82, 2.24) is 0 Å². The minimum atomic E-state index is -3.60. The molecule has 0 unspecified atom stereocenters. The first-order valence-corrected chi connectivity index (χ1v) is 7.81. The Morgan fingerprint density at radius 3 is 2.52 bits per heavy atom. The number of hydrogen-bond donors (Lipinski definition) is 2. The molecule has 0 saturated heterocycles. The lowest BCUT2D eigenvalue weighted by molar-refractivity contribution is -0.140. The normalized spacial score (nSPS) is 11.0. The van der Waals surface area contributed by atoms with Crippen LogP contribution in [0.5, 0.6) is 0 Å². The second kappa shape index (κ2) is 7.07. The smallest absolute Gasteiger partial charge is 0.335 e. The third kappa shape index (κ3) is 5.42. The molecule has 0 amide bonds. The zero-order chi connectivity index (χ0) is 16.0. The van der Waals surface area contributed by atoms with Crippen LogP contribution in [0, 0.1) is 6.92 Å². The molecule has 0 spiro atoms. The van der Waals surface area contributed by atoms with E-state index in [1.807, 2.05) is 0 Å². The Kier molecular flexibility index (Phi) is 5.71. The summed E-state index contributed by atoms with van der Waals surface area (Å²) < 4.78 is 30.5. The van der Waals surface area contributed by atoms with E-state index in [0.717, 1.165) is 0 Å². The van der Waals surface area contributed by atoms with Gasteiger partial charge in [-0.25, -0.2) is 13.2 Å². The molecule has 0 aliphatic rings. The number of benzene rings is 1. The number of aromatic carboxylic acids is 1. The monoisotopic (exact) mass is 315 g/mol. The number of nitrogens with one attached hydrogen (secondary N) is 1. The number of carbonyl (C=O) groups excluding carboxylic acids is 1. The molecule has 7 nitrogen and oxygen atoms in total. The third-order valence-corrected chi connectivity index (χ3v) is 4.12. The van der Waals surface area contributed by atoms with Crippen LogP contribution in [0.3, 0.4) is 0 Å². The summed E-state index contributed by atoms with van der Waals surface area (Å²) in [7, 11) is -2.36. The van der Waals surface area contributed by atoms with Crippen LogP contribution in [-0.4, -0.2) is 38.3 Å². The van der Waals surface area contributed by atoms with Crippen molar-refractivity contribution in [1.29, 1.82) is 0 Å². The first kappa shape index (κ1) is 17.0. The van der Waals surface area contributed by atoms with Gasteiger partial charge in [0.05, 0.1) is 24.1 Å². The van der Waals surface area contributed by atoms with Gasteiger partial charge in [-0.15, -0.1) is 0 Å². The Morgan fingerprint density at radius 2 is 2.00 bits per heavy atom. The van der Waals surface area contributed by atoms with Gasteiger partial charge in [0.2, 0.25) is 10.0 Å². The lowest BCUT2D eigenvalue weighted by Gasteiger charge is -2.10. The molecule has 8 heteroatoms. The van der Waals surface area contributed by atoms with E-state index in [-0.39, 0.29) is 24.2 Å². The van der Waals surface area contributed by atoms with Crippen molar-refractivity contribution in [3.63, 3.8) is 0 Å². The fourth-order valence-electron chi connectivity index (χ4n) is 1.64. The maximum atomic E-state index is 11.9. The largest absolute Gasteiger partial charge is 0.478 e. The second-order valence-corrected chi connectivity index (χ2v) is 6.28. The molecule has 116 valence electrons. The van der Waals surface area contributed by atoms with Crippen LogP contribution >= 0.6 is 0 Å². The SMILES string of the molecule is COC(=O)CCCS(=O)(=O)Nc1ccc(C(=O)O)cc1C. The zero-order valence-electron chi connectivity index (χ0n) is 11.8. The molecule has 0 bridgehead atoms. The highest BCUT2D eigenvalue weighted by Crippen LogP contribution is 2.18. The standard InChI is InChI=1S/C13H17NO6S/c1-9-8-10(13(16)17)5-6-11(9)14-21(18,19)7-3-4-12(15)20-2/h5-6,8,14H,3-4,7H2,1-2H3,(H,16,17). The molecule has 2 N–H and O–H groups in total. The molecular formula is C13H17NO6S. The minimum absolute atomic E-state index is 0.0222. The number of anilines is 1. The van der Waals surface area contributed by atoms with Crippen LogP contribution in [-0.2, 0) is 19.6 Å². The number of esters is 1. The van der Waals surface area contributed by atoms with Gasteiger partial charge in [-0.3, -0.25) is 9.52 Å². The van der Waals surface area contributed by atoms with E-state index in [1.165, 1.54) is 25.3 Å². The highest BCUT2D eigenvalue weighted by Gasteiger charge is 2.14. The first-order valence-electron chi connectivity index (χ1n) is 6.16. The summed E-state index contributed by atoms with van der Waals surface area (Å²) in [6.45, 7) is 1.61. The van der Waals surface area contributed by atoms with Gasteiger partial charge in [-0.2, -0.15) is 0 Å². The molecule has 0 aliphatic heterocycles. The van der Waals surface area contributed by atoms with E-state index in [0.29, 0.717) is 11.3 Å². The number of rotatable bonds is 7. The van der Waals surface area contributed by atoms with Gasteiger partial charge in [0.15, 0.2) is 0 Å². The summed E-state index contributed by atoms with van der Waals surface area (Å²) >= 11 is 0. The Hall–Kier alpha value is -2.09. The number of methoxy groups -OCH3 is 1. The first-order chi connectivity index (χ1) is 9.75. The summed E-state index contributed by atoms with van der Waals surface area (Å²) in [5, 5.41) is 8.84. The predicted molar refractivity (Wildman–Crippen MR) is 76.8 cm³/mol. The number of sulfonamides is 1. The average molecular weight is 315 g/mol. The Labute approximate surface area is 123 Å². The molecule has 0 aromatic heterocycles. The molecule has 0 aliphatic carbocycles. The van der Waals surface area contributed by atoms with Crippen molar-refractivity contribution in [3.8, 4) is 0 Å². The van der Waals surface area contributed by atoms with Gasteiger partial charge in [0.25, 0.3) is 0 Å². The van der Waals surface area contributed by atoms with Crippen LogP contribution in [0.4, 0.5) is 5.69 Å².